The lowest BCUT2D eigenvalue weighted by atomic mass is 10.1. The third kappa shape index (κ3) is 6.29. The second kappa shape index (κ2) is 9.25. The number of urea groups is 1. The van der Waals surface area contributed by atoms with Gasteiger partial charge in [-0.05, 0) is 30.2 Å². The summed E-state index contributed by atoms with van der Waals surface area (Å²) in [5.41, 5.74) is 0.327. The van der Waals surface area contributed by atoms with Crippen LogP contribution in [0.5, 0.6) is 0 Å². The minimum Gasteiger partial charge on any atom is -0.337 e. The van der Waals surface area contributed by atoms with E-state index >= 15 is 0 Å². The first-order valence-corrected chi connectivity index (χ1v) is 8.67. The summed E-state index contributed by atoms with van der Waals surface area (Å²) >= 11 is 0. The van der Waals surface area contributed by atoms with E-state index < -0.39 is 17.6 Å². The molecule has 0 aromatic heterocycles. The Labute approximate surface area is 161 Å². The fraction of sp³-hybridized carbons (Fsp3) is 0.300. The van der Waals surface area contributed by atoms with Crippen LogP contribution in [-0.2, 0) is 17.5 Å². The lowest BCUT2D eigenvalue weighted by molar-refractivity contribution is -0.138. The van der Waals surface area contributed by atoms with Crippen LogP contribution in [0, 0.1) is 6.92 Å². The van der Waals surface area contributed by atoms with Crippen molar-refractivity contribution < 1.29 is 22.8 Å². The van der Waals surface area contributed by atoms with Crippen molar-refractivity contribution in [2.45, 2.75) is 26.1 Å². The molecule has 0 saturated heterocycles. The standard InChI is InChI=1S/C20H22F3N3O2/c1-14-8-9-16(12-17(14)20(21,22)23)25-18(27)10-11-24-19(28)26(2)13-15-6-4-3-5-7-15/h3-9,12H,10-11,13H2,1-2H3,(H,24,28)(H,25,27). The number of amides is 3. The maximum absolute atomic E-state index is 12.9. The van der Waals surface area contributed by atoms with E-state index in [4.69, 9.17) is 0 Å². The van der Waals surface area contributed by atoms with Gasteiger partial charge in [-0.15, -0.1) is 0 Å². The minimum atomic E-state index is -4.48. The molecule has 0 aliphatic heterocycles. The van der Waals surface area contributed by atoms with Gasteiger partial charge in [0.25, 0.3) is 0 Å². The molecule has 0 aliphatic rings. The summed E-state index contributed by atoms with van der Waals surface area (Å²) in [5.74, 6) is -0.483. The first-order chi connectivity index (χ1) is 13.2. The summed E-state index contributed by atoms with van der Waals surface area (Å²) in [7, 11) is 1.63. The Kier molecular flexibility index (Phi) is 7.03. The summed E-state index contributed by atoms with van der Waals surface area (Å²) in [4.78, 5) is 25.5. The Morgan fingerprint density at radius 2 is 1.75 bits per heavy atom. The van der Waals surface area contributed by atoms with E-state index in [1.807, 2.05) is 30.3 Å². The molecule has 2 aromatic rings. The van der Waals surface area contributed by atoms with Crippen molar-refractivity contribution in [3.63, 3.8) is 0 Å². The Morgan fingerprint density at radius 1 is 1.07 bits per heavy atom. The number of alkyl halides is 3. The first kappa shape index (κ1) is 21.3. The van der Waals surface area contributed by atoms with Gasteiger partial charge in [-0.3, -0.25) is 4.79 Å². The van der Waals surface area contributed by atoms with Crippen LogP contribution in [0.25, 0.3) is 0 Å². The van der Waals surface area contributed by atoms with Gasteiger partial charge in [-0.1, -0.05) is 36.4 Å². The molecular weight excluding hydrogens is 371 g/mol. The monoisotopic (exact) mass is 393 g/mol. The largest absolute Gasteiger partial charge is 0.416 e. The number of carbonyl (C=O) groups is 2. The number of hydrogen-bond donors (Lipinski definition) is 2. The van der Waals surface area contributed by atoms with Crippen LogP contribution in [-0.4, -0.2) is 30.4 Å². The van der Waals surface area contributed by atoms with Gasteiger partial charge in [0, 0.05) is 32.2 Å². The number of carbonyl (C=O) groups excluding carboxylic acids is 2. The molecule has 0 fully saturated rings. The molecule has 0 aliphatic carbocycles. The molecule has 150 valence electrons. The molecule has 2 aromatic carbocycles. The van der Waals surface area contributed by atoms with E-state index in [2.05, 4.69) is 10.6 Å². The van der Waals surface area contributed by atoms with E-state index in [1.54, 1.807) is 7.05 Å². The second-order valence-electron chi connectivity index (χ2n) is 6.40. The third-order valence-corrected chi connectivity index (χ3v) is 4.06. The van der Waals surface area contributed by atoms with Gasteiger partial charge in [0.05, 0.1) is 5.56 Å². The second-order valence-corrected chi connectivity index (χ2v) is 6.40. The van der Waals surface area contributed by atoms with Crippen molar-refractivity contribution in [1.82, 2.24) is 10.2 Å². The molecule has 0 saturated carbocycles. The van der Waals surface area contributed by atoms with Gasteiger partial charge in [0.15, 0.2) is 0 Å². The molecule has 0 radical (unpaired) electrons. The maximum Gasteiger partial charge on any atom is 0.416 e. The average molecular weight is 393 g/mol. The van der Waals surface area contributed by atoms with Crippen molar-refractivity contribution in [1.29, 1.82) is 0 Å². The zero-order chi connectivity index (χ0) is 20.7. The number of aryl methyl sites for hydroxylation is 1. The molecule has 0 unspecified atom stereocenters. The molecule has 28 heavy (non-hydrogen) atoms. The number of nitrogens with one attached hydrogen (secondary N) is 2. The Hall–Kier alpha value is -3.03. The van der Waals surface area contributed by atoms with E-state index in [0.29, 0.717) is 6.54 Å². The molecule has 0 atom stereocenters. The lowest BCUT2D eigenvalue weighted by Crippen LogP contribution is -2.38. The van der Waals surface area contributed by atoms with Gasteiger partial charge in [0.2, 0.25) is 5.91 Å². The van der Waals surface area contributed by atoms with Gasteiger partial charge in [-0.2, -0.15) is 13.2 Å². The summed E-state index contributed by atoms with van der Waals surface area (Å²) in [5, 5.41) is 5.03. The Morgan fingerprint density at radius 3 is 2.39 bits per heavy atom. The SMILES string of the molecule is Cc1ccc(NC(=O)CCNC(=O)N(C)Cc2ccccc2)cc1C(F)(F)F. The van der Waals surface area contributed by atoms with Gasteiger partial charge < -0.3 is 15.5 Å². The van der Waals surface area contributed by atoms with Crippen LogP contribution in [0.2, 0.25) is 0 Å². The first-order valence-electron chi connectivity index (χ1n) is 8.67. The predicted molar refractivity (Wildman–Crippen MR) is 101 cm³/mol. The topological polar surface area (TPSA) is 61.4 Å². The molecule has 0 heterocycles. The van der Waals surface area contributed by atoms with Gasteiger partial charge in [0.1, 0.15) is 0 Å². The normalized spacial score (nSPS) is 11.0. The number of halogens is 3. The van der Waals surface area contributed by atoms with E-state index in [9.17, 15) is 22.8 Å². The van der Waals surface area contributed by atoms with E-state index in [1.165, 1.54) is 24.0 Å². The average Bonchev–Trinajstić information content (AvgIpc) is 2.63. The minimum absolute atomic E-state index is 0.0554. The number of nitrogens with zero attached hydrogens (tertiary/aromatic N) is 1. The highest BCUT2D eigenvalue weighted by Gasteiger charge is 2.32. The summed E-state index contributed by atoms with van der Waals surface area (Å²) in [6.07, 6.45) is -4.54. The quantitative estimate of drug-likeness (QED) is 0.773. The third-order valence-electron chi connectivity index (χ3n) is 4.06. The van der Waals surface area contributed by atoms with E-state index in [-0.39, 0.29) is 30.2 Å². The highest BCUT2D eigenvalue weighted by molar-refractivity contribution is 5.91. The molecule has 3 amide bonds. The van der Waals surface area contributed by atoms with Crippen LogP contribution < -0.4 is 10.6 Å². The summed E-state index contributed by atoms with van der Waals surface area (Å²) in [6.45, 7) is 1.85. The fourth-order valence-electron chi connectivity index (χ4n) is 2.58. The predicted octanol–water partition coefficient (Wildman–Crippen LogP) is 4.18. The molecule has 2 N–H and O–H groups in total. The van der Waals surface area contributed by atoms with Crippen molar-refractivity contribution >= 4 is 17.6 Å². The lowest BCUT2D eigenvalue weighted by Gasteiger charge is -2.18. The van der Waals surface area contributed by atoms with Crippen molar-refractivity contribution in [3.05, 3.63) is 65.2 Å². The highest BCUT2D eigenvalue weighted by Crippen LogP contribution is 2.33. The van der Waals surface area contributed by atoms with Crippen LogP contribution in [0.1, 0.15) is 23.1 Å². The zero-order valence-electron chi connectivity index (χ0n) is 15.6. The summed E-state index contributed by atoms with van der Waals surface area (Å²) in [6, 6.07) is 12.7. The Bertz CT molecular complexity index is 823. The molecule has 0 bridgehead atoms. The molecule has 8 heteroatoms. The molecular formula is C20H22F3N3O2. The smallest absolute Gasteiger partial charge is 0.337 e. The Balaban J connectivity index is 1.80. The zero-order valence-corrected chi connectivity index (χ0v) is 15.6. The number of hydrogen-bond acceptors (Lipinski definition) is 2. The summed E-state index contributed by atoms with van der Waals surface area (Å²) < 4.78 is 38.8. The number of rotatable bonds is 6. The van der Waals surface area contributed by atoms with Crippen molar-refractivity contribution in [2.75, 3.05) is 18.9 Å². The van der Waals surface area contributed by atoms with Crippen molar-refractivity contribution in [3.8, 4) is 0 Å². The van der Waals surface area contributed by atoms with Gasteiger partial charge in [-0.25, -0.2) is 4.79 Å². The number of anilines is 1. The van der Waals surface area contributed by atoms with Crippen molar-refractivity contribution in [2.24, 2.45) is 0 Å². The molecule has 2 rings (SSSR count). The maximum atomic E-state index is 12.9. The van der Waals surface area contributed by atoms with Crippen LogP contribution in [0.3, 0.4) is 0 Å². The molecule has 0 spiro atoms. The highest BCUT2D eigenvalue weighted by atomic mass is 19.4. The van der Waals surface area contributed by atoms with E-state index in [0.717, 1.165) is 11.6 Å². The molecule has 5 nitrogen and oxygen atoms in total. The van der Waals surface area contributed by atoms with Crippen LogP contribution >= 0.6 is 0 Å². The van der Waals surface area contributed by atoms with Crippen LogP contribution in [0.15, 0.2) is 48.5 Å². The van der Waals surface area contributed by atoms with Gasteiger partial charge >= 0.3 is 12.2 Å². The van der Waals surface area contributed by atoms with Crippen LogP contribution in [0.4, 0.5) is 23.7 Å². The fourth-order valence-corrected chi connectivity index (χ4v) is 2.58. The number of benzene rings is 2.